The fourth-order valence-electron chi connectivity index (χ4n) is 2.16. The highest BCUT2D eigenvalue weighted by Crippen LogP contribution is 2.30. The third-order valence-electron chi connectivity index (χ3n) is 3.12. The summed E-state index contributed by atoms with van der Waals surface area (Å²) in [6, 6.07) is 4.82. The molecule has 1 aromatic carbocycles. The number of anilines is 1. The van der Waals surface area contributed by atoms with Gasteiger partial charge in [0.2, 0.25) is 0 Å². The monoisotopic (exact) mass is 312 g/mol. The second-order valence-corrected chi connectivity index (χ2v) is 6.14. The molecule has 1 heterocycles. The number of nitrogens with one attached hydrogen (secondary N) is 1. The van der Waals surface area contributed by atoms with Crippen LogP contribution in [0.25, 0.3) is 0 Å². The van der Waals surface area contributed by atoms with Crippen molar-refractivity contribution in [3.8, 4) is 0 Å². The van der Waals surface area contributed by atoms with Gasteiger partial charge in [-0.25, -0.2) is 9.52 Å². The number of nitrogens with zero attached hydrogens (tertiary/aromatic N) is 1. The summed E-state index contributed by atoms with van der Waals surface area (Å²) in [6.45, 7) is 3.33. The number of carbonyl (C=O) groups is 2. The van der Waals surface area contributed by atoms with Crippen LogP contribution in [0.2, 0.25) is 0 Å². The van der Waals surface area contributed by atoms with Crippen molar-refractivity contribution in [2.24, 2.45) is 0 Å². The largest absolute Gasteiger partial charge is 0.449 e. The Kier molecular flexibility index (Phi) is 4.17. The Balaban J connectivity index is 2.26. The molecule has 2 rings (SSSR count). The van der Waals surface area contributed by atoms with Gasteiger partial charge in [-0.2, -0.15) is 8.42 Å². The first-order valence-corrected chi connectivity index (χ1v) is 7.90. The molecule has 0 unspecified atom stereocenters. The fourth-order valence-corrected chi connectivity index (χ4v) is 3.31. The quantitative estimate of drug-likeness (QED) is 0.844. The van der Waals surface area contributed by atoms with Gasteiger partial charge in [-0.3, -0.25) is 9.10 Å². The number of hydrogen-bond acceptors (Lipinski definition) is 5. The summed E-state index contributed by atoms with van der Waals surface area (Å²) in [6.07, 6.45) is -0.522. The van der Waals surface area contributed by atoms with Gasteiger partial charge in [0.25, 0.3) is 0 Å². The van der Waals surface area contributed by atoms with E-state index in [0.29, 0.717) is 17.7 Å². The summed E-state index contributed by atoms with van der Waals surface area (Å²) in [5.41, 5.74) is 1.76. The van der Waals surface area contributed by atoms with Crippen molar-refractivity contribution in [1.29, 1.82) is 0 Å². The van der Waals surface area contributed by atoms with Gasteiger partial charge < -0.3 is 4.74 Å². The lowest BCUT2D eigenvalue weighted by Crippen LogP contribution is -2.43. The van der Waals surface area contributed by atoms with Crippen molar-refractivity contribution in [1.82, 2.24) is 4.72 Å². The van der Waals surface area contributed by atoms with E-state index in [-0.39, 0.29) is 18.9 Å². The predicted molar refractivity (Wildman–Crippen MR) is 76.6 cm³/mol. The van der Waals surface area contributed by atoms with Crippen LogP contribution >= 0.6 is 0 Å². The molecule has 7 nitrogen and oxygen atoms in total. The third kappa shape index (κ3) is 3.15. The molecule has 21 heavy (non-hydrogen) atoms. The van der Waals surface area contributed by atoms with Crippen LogP contribution in [0.15, 0.2) is 18.2 Å². The van der Waals surface area contributed by atoms with Gasteiger partial charge in [0.05, 0.1) is 12.3 Å². The number of rotatable bonds is 4. The minimum atomic E-state index is -4.00. The van der Waals surface area contributed by atoms with Crippen molar-refractivity contribution in [2.45, 2.75) is 20.3 Å². The number of hydrogen-bond donors (Lipinski definition) is 1. The molecule has 0 saturated carbocycles. The zero-order valence-electron chi connectivity index (χ0n) is 11.8. The molecule has 0 aliphatic carbocycles. The van der Waals surface area contributed by atoms with Crippen molar-refractivity contribution in [3.63, 3.8) is 0 Å². The summed E-state index contributed by atoms with van der Waals surface area (Å²) in [5, 5.41) is 0. The zero-order valence-corrected chi connectivity index (χ0v) is 12.6. The van der Waals surface area contributed by atoms with E-state index in [1.165, 1.54) is 6.92 Å². The van der Waals surface area contributed by atoms with Crippen LogP contribution in [-0.2, 0) is 21.4 Å². The van der Waals surface area contributed by atoms with Gasteiger partial charge in [0.1, 0.15) is 0 Å². The molecule has 1 aliphatic rings. The third-order valence-corrected chi connectivity index (χ3v) is 4.50. The summed E-state index contributed by atoms with van der Waals surface area (Å²) < 4.78 is 31.8. The summed E-state index contributed by atoms with van der Waals surface area (Å²) in [7, 11) is -4.00. The van der Waals surface area contributed by atoms with Gasteiger partial charge >= 0.3 is 16.3 Å². The lowest BCUT2D eigenvalue weighted by atomic mass is 10.1. The van der Waals surface area contributed by atoms with Crippen LogP contribution in [0.3, 0.4) is 0 Å². The lowest BCUT2D eigenvalue weighted by molar-refractivity contribution is 0.101. The Hall–Kier alpha value is -2.09. The van der Waals surface area contributed by atoms with Crippen LogP contribution in [0.5, 0.6) is 0 Å². The zero-order chi connectivity index (χ0) is 15.6. The Morgan fingerprint density at radius 2 is 2.10 bits per heavy atom. The second kappa shape index (κ2) is 5.72. The average molecular weight is 312 g/mol. The molecule has 0 spiro atoms. The molecule has 0 bridgehead atoms. The molecule has 0 aromatic heterocycles. The molecule has 0 saturated heterocycles. The van der Waals surface area contributed by atoms with Gasteiger partial charge in [-0.05, 0) is 44.0 Å². The normalized spacial score (nSPS) is 13.7. The standard InChI is InChI=1S/C13H16N2O5S/c1-3-20-13(17)14-21(18,19)15-7-6-11-8-10(9(2)16)4-5-12(11)15/h4-5,8H,3,6-7H2,1-2H3,(H,14,17). The molecule has 8 heteroatoms. The van der Waals surface area contributed by atoms with Crippen LogP contribution in [0.4, 0.5) is 10.5 Å². The maximum absolute atomic E-state index is 12.1. The van der Waals surface area contributed by atoms with E-state index in [4.69, 9.17) is 0 Å². The molecule has 114 valence electrons. The van der Waals surface area contributed by atoms with E-state index < -0.39 is 16.3 Å². The highest BCUT2D eigenvalue weighted by Gasteiger charge is 2.31. The van der Waals surface area contributed by atoms with E-state index in [9.17, 15) is 18.0 Å². The molecule has 1 aromatic rings. The van der Waals surface area contributed by atoms with Crippen molar-refractivity contribution >= 4 is 27.8 Å². The Bertz CT molecular complexity index is 684. The predicted octanol–water partition coefficient (Wildman–Crippen LogP) is 1.24. The van der Waals surface area contributed by atoms with E-state index in [1.54, 1.807) is 25.1 Å². The first-order valence-electron chi connectivity index (χ1n) is 6.46. The maximum atomic E-state index is 12.1. The fraction of sp³-hybridized carbons (Fsp3) is 0.385. The SMILES string of the molecule is CCOC(=O)NS(=O)(=O)N1CCc2cc(C(C)=O)ccc21. The Morgan fingerprint density at radius 1 is 1.38 bits per heavy atom. The number of carbonyl (C=O) groups excluding carboxylic acids is 2. The molecule has 1 amide bonds. The summed E-state index contributed by atoms with van der Waals surface area (Å²) >= 11 is 0. The molecule has 1 aliphatic heterocycles. The number of benzene rings is 1. The van der Waals surface area contributed by atoms with Crippen molar-refractivity contribution in [2.75, 3.05) is 17.5 Å². The summed E-state index contributed by atoms with van der Waals surface area (Å²) in [5.74, 6) is -0.0799. The van der Waals surface area contributed by atoms with Gasteiger partial charge in [-0.1, -0.05) is 0 Å². The Labute approximate surface area is 123 Å². The van der Waals surface area contributed by atoms with Crippen LogP contribution in [-0.4, -0.2) is 33.4 Å². The summed E-state index contributed by atoms with van der Waals surface area (Å²) in [4.78, 5) is 22.6. The van der Waals surface area contributed by atoms with Crippen LogP contribution in [0, 0.1) is 0 Å². The van der Waals surface area contributed by atoms with Crippen LogP contribution < -0.4 is 9.03 Å². The number of Topliss-reactive ketones (excluding diaryl/α,β-unsaturated/α-hetero) is 1. The minimum absolute atomic E-state index is 0.0799. The van der Waals surface area contributed by atoms with E-state index >= 15 is 0 Å². The second-order valence-electron chi connectivity index (χ2n) is 4.55. The maximum Gasteiger partial charge on any atom is 0.422 e. The van der Waals surface area contributed by atoms with Crippen LogP contribution in [0.1, 0.15) is 29.8 Å². The number of fused-ring (bicyclic) bond motifs is 1. The van der Waals surface area contributed by atoms with E-state index in [1.807, 2.05) is 4.72 Å². The Morgan fingerprint density at radius 3 is 2.71 bits per heavy atom. The molecular formula is C13H16N2O5S. The minimum Gasteiger partial charge on any atom is -0.449 e. The average Bonchev–Trinajstić information content (AvgIpc) is 2.81. The first kappa shape index (κ1) is 15.3. The highest BCUT2D eigenvalue weighted by molar-refractivity contribution is 7.91. The molecule has 0 atom stereocenters. The number of ketones is 1. The molecule has 0 radical (unpaired) electrons. The molecule has 1 N–H and O–H groups in total. The van der Waals surface area contributed by atoms with E-state index in [2.05, 4.69) is 4.74 Å². The van der Waals surface area contributed by atoms with Crippen molar-refractivity contribution in [3.05, 3.63) is 29.3 Å². The van der Waals surface area contributed by atoms with Gasteiger partial charge in [0, 0.05) is 12.1 Å². The molecule has 0 fully saturated rings. The first-order chi connectivity index (χ1) is 9.85. The topological polar surface area (TPSA) is 92.8 Å². The van der Waals surface area contributed by atoms with Gasteiger partial charge in [-0.15, -0.1) is 0 Å². The number of amides is 1. The lowest BCUT2D eigenvalue weighted by Gasteiger charge is -2.19. The smallest absolute Gasteiger partial charge is 0.422 e. The van der Waals surface area contributed by atoms with Crippen molar-refractivity contribution < 1.29 is 22.7 Å². The van der Waals surface area contributed by atoms with E-state index in [0.717, 1.165) is 9.87 Å². The highest BCUT2D eigenvalue weighted by atomic mass is 32.2. The number of ether oxygens (including phenoxy) is 1. The van der Waals surface area contributed by atoms with Gasteiger partial charge in [0.15, 0.2) is 5.78 Å². The molecular weight excluding hydrogens is 296 g/mol.